The molecule has 0 saturated carbocycles. The lowest BCUT2D eigenvalue weighted by Crippen LogP contribution is -2.15. The highest BCUT2D eigenvalue weighted by molar-refractivity contribution is 9.12. The topological polar surface area (TPSA) is 23.8 Å². The predicted octanol–water partition coefficient (Wildman–Crippen LogP) is 2.45. The Balaban J connectivity index is 3.58. The Morgan fingerprint density at radius 1 is 1.75 bits per heavy atom. The van der Waals surface area contributed by atoms with Crippen LogP contribution in [-0.2, 0) is 0 Å². The molecule has 0 aliphatic heterocycles. The molecule has 46 valence electrons. The lowest BCUT2D eigenvalue weighted by molar-refractivity contribution is 0.769. The van der Waals surface area contributed by atoms with Crippen LogP contribution in [-0.4, -0.2) is 9.65 Å². The number of alkyl halides is 2. The Bertz CT molecular complexity index is 103. The number of nitriles is 1. The van der Waals surface area contributed by atoms with Gasteiger partial charge in [0.15, 0.2) is 0 Å². The van der Waals surface area contributed by atoms with Crippen molar-refractivity contribution >= 4 is 31.9 Å². The maximum Gasteiger partial charge on any atom is 0.0636 e. The van der Waals surface area contributed by atoms with Crippen LogP contribution >= 0.6 is 31.9 Å². The predicted molar refractivity (Wildman–Crippen MR) is 41.4 cm³/mol. The second-order valence-corrected chi connectivity index (χ2v) is 4.36. The van der Waals surface area contributed by atoms with Gasteiger partial charge in [-0.05, 0) is 6.92 Å². The van der Waals surface area contributed by atoms with Crippen LogP contribution in [0, 0.1) is 11.3 Å². The van der Waals surface area contributed by atoms with E-state index in [1.807, 2.05) is 6.92 Å². The van der Waals surface area contributed by atoms with Gasteiger partial charge in [0.25, 0.3) is 0 Å². The summed E-state index contributed by atoms with van der Waals surface area (Å²) in [7, 11) is 0. The summed E-state index contributed by atoms with van der Waals surface area (Å²) in [6.07, 6.45) is 0.540. The van der Waals surface area contributed by atoms with Crippen molar-refractivity contribution in [3.05, 3.63) is 0 Å². The molecule has 0 N–H and O–H groups in total. The number of halogens is 2. The molecule has 0 heterocycles. The summed E-state index contributed by atoms with van der Waals surface area (Å²) in [5.74, 6) is 0. The van der Waals surface area contributed by atoms with E-state index in [9.17, 15) is 0 Å². The quantitative estimate of drug-likeness (QED) is 0.681. The second-order valence-electron chi connectivity index (χ2n) is 1.88. The highest BCUT2D eigenvalue weighted by Crippen LogP contribution is 2.22. The molecule has 0 aliphatic rings. The first kappa shape index (κ1) is 8.45. The van der Waals surface area contributed by atoms with Crippen molar-refractivity contribution in [3.63, 3.8) is 0 Å². The first-order chi connectivity index (χ1) is 3.62. The van der Waals surface area contributed by atoms with Gasteiger partial charge in [-0.15, -0.1) is 0 Å². The normalized spacial score (nSPS) is 16.8. The van der Waals surface area contributed by atoms with E-state index in [4.69, 9.17) is 5.26 Å². The van der Waals surface area contributed by atoms with Gasteiger partial charge >= 0.3 is 0 Å². The summed E-state index contributed by atoms with van der Waals surface area (Å²) in [5.41, 5.74) is 0. The number of nitrogens with zero attached hydrogens (tertiary/aromatic N) is 1. The standard InChI is InChI=1S/C5H7Br2N/c1-5(7,4-6)2-3-8/h2,4H2,1H3. The molecule has 1 atom stereocenters. The summed E-state index contributed by atoms with van der Waals surface area (Å²) in [6.45, 7) is 1.98. The highest BCUT2D eigenvalue weighted by Gasteiger charge is 2.16. The largest absolute Gasteiger partial charge is 0.198 e. The minimum absolute atomic E-state index is 0.0399. The summed E-state index contributed by atoms with van der Waals surface area (Å²) in [5, 5.41) is 9.05. The Morgan fingerprint density at radius 3 is 2.38 bits per heavy atom. The van der Waals surface area contributed by atoms with E-state index in [1.165, 1.54) is 0 Å². The number of rotatable bonds is 2. The van der Waals surface area contributed by atoms with Crippen LogP contribution in [0.5, 0.6) is 0 Å². The molecule has 0 aromatic rings. The van der Waals surface area contributed by atoms with Gasteiger partial charge in [0.1, 0.15) is 0 Å². The average Bonchev–Trinajstić information content (AvgIpc) is 1.67. The first-order valence-electron chi connectivity index (χ1n) is 2.24. The van der Waals surface area contributed by atoms with E-state index in [2.05, 4.69) is 37.9 Å². The smallest absolute Gasteiger partial charge is 0.0636 e. The van der Waals surface area contributed by atoms with Gasteiger partial charge in [0.2, 0.25) is 0 Å². The molecule has 0 fully saturated rings. The van der Waals surface area contributed by atoms with Gasteiger partial charge in [0, 0.05) is 9.65 Å². The van der Waals surface area contributed by atoms with E-state index in [0.29, 0.717) is 6.42 Å². The number of hydrogen-bond acceptors (Lipinski definition) is 1. The highest BCUT2D eigenvalue weighted by atomic mass is 79.9. The van der Waals surface area contributed by atoms with Gasteiger partial charge in [-0.2, -0.15) is 5.26 Å². The van der Waals surface area contributed by atoms with Crippen molar-refractivity contribution in [2.75, 3.05) is 5.33 Å². The lowest BCUT2D eigenvalue weighted by atomic mass is 10.1. The molecule has 0 rings (SSSR count). The minimum Gasteiger partial charge on any atom is -0.198 e. The molecule has 0 amide bonds. The molecular weight excluding hydrogens is 234 g/mol. The molecule has 0 aromatic carbocycles. The molecule has 1 unspecified atom stereocenters. The fourth-order valence-corrected chi connectivity index (χ4v) is 0.536. The molecule has 0 aliphatic carbocycles. The van der Waals surface area contributed by atoms with Crippen molar-refractivity contribution < 1.29 is 0 Å². The van der Waals surface area contributed by atoms with Crippen LogP contribution in [0.25, 0.3) is 0 Å². The molecule has 1 nitrogen and oxygen atoms in total. The van der Waals surface area contributed by atoms with E-state index >= 15 is 0 Å². The van der Waals surface area contributed by atoms with Crippen LogP contribution in [0.4, 0.5) is 0 Å². The van der Waals surface area contributed by atoms with Crippen LogP contribution in [0.3, 0.4) is 0 Å². The lowest BCUT2D eigenvalue weighted by Gasteiger charge is -2.12. The van der Waals surface area contributed by atoms with Crippen LogP contribution < -0.4 is 0 Å². The average molecular weight is 241 g/mol. The van der Waals surface area contributed by atoms with Gasteiger partial charge in [-0.1, -0.05) is 31.9 Å². The SMILES string of the molecule is CC(Br)(CBr)CC#N. The first-order valence-corrected chi connectivity index (χ1v) is 4.15. The molecule has 3 heteroatoms. The summed E-state index contributed by atoms with van der Waals surface area (Å²) < 4.78 is -0.0399. The van der Waals surface area contributed by atoms with E-state index in [0.717, 1.165) is 5.33 Å². The summed E-state index contributed by atoms with van der Waals surface area (Å²) >= 11 is 6.65. The zero-order valence-electron chi connectivity index (χ0n) is 4.62. The number of hydrogen-bond donors (Lipinski definition) is 0. The van der Waals surface area contributed by atoms with Crippen LogP contribution in [0.1, 0.15) is 13.3 Å². The minimum atomic E-state index is -0.0399. The zero-order chi connectivity index (χ0) is 6.62. The monoisotopic (exact) mass is 239 g/mol. The molecule has 0 aromatic heterocycles. The van der Waals surface area contributed by atoms with Gasteiger partial charge in [-0.25, -0.2) is 0 Å². The third-order valence-corrected chi connectivity index (χ3v) is 3.28. The molecule has 0 bridgehead atoms. The Hall–Kier alpha value is 0.450. The summed E-state index contributed by atoms with van der Waals surface area (Å²) in [4.78, 5) is 0. The third kappa shape index (κ3) is 3.45. The van der Waals surface area contributed by atoms with E-state index < -0.39 is 0 Å². The second kappa shape index (κ2) is 3.47. The van der Waals surface area contributed by atoms with E-state index in [1.54, 1.807) is 0 Å². The van der Waals surface area contributed by atoms with Crippen molar-refractivity contribution in [1.82, 2.24) is 0 Å². The zero-order valence-corrected chi connectivity index (χ0v) is 7.79. The maximum absolute atomic E-state index is 8.23. The Kier molecular flexibility index (Phi) is 3.67. The van der Waals surface area contributed by atoms with Crippen LogP contribution in [0.2, 0.25) is 0 Å². The van der Waals surface area contributed by atoms with Crippen molar-refractivity contribution in [1.29, 1.82) is 5.26 Å². The van der Waals surface area contributed by atoms with Crippen molar-refractivity contribution in [2.24, 2.45) is 0 Å². The van der Waals surface area contributed by atoms with E-state index in [-0.39, 0.29) is 4.32 Å². The fourth-order valence-electron chi connectivity index (χ4n) is 0.212. The summed E-state index contributed by atoms with van der Waals surface area (Å²) in [6, 6.07) is 2.08. The van der Waals surface area contributed by atoms with Crippen molar-refractivity contribution in [2.45, 2.75) is 17.7 Å². The maximum atomic E-state index is 8.23. The third-order valence-electron chi connectivity index (χ3n) is 0.726. The molecule has 0 saturated heterocycles. The Labute approximate surface area is 66.3 Å². The molecule has 8 heavy (non-hydrogen) atoms. The Morgan fingerprint density at radius 2 is 2.25 bits per heavy atom. The van der Waals surface area contributed by atoms with Crippen LogP contribution in [0.15, 0.2) is 0 Å². The van der Waals surface area contributed by atoms with Gasteiger partial charge in [-0.3, -0.25) is 0 Å². The van der Waals surface area contributed by atoms with Gasteiger partial charge < -0.3 is 0 Å². The molecule has 0 radical (unpaired) electrons. The fraction of sp³-hybridized carbons (Fsp3) is 0.800. The molecular formula is C5H7Br2N. The van der Waals surface area contributed by atoms with Crippen molar-refractivity contribution in [3.8, 4) is 6.07 Å². The molecule has 0 spiro atoms. The van der Waals surface area contributed by atoms with Gasteiger partial charge in [0.05, 0.1) is 12.5 Å².